The van der Waals surface area contributed by atoms with Crippen molar-refractivity contribution in [2.75, 3.05) is 12.8 Å². The molecule has 16 heavy (non-hydrogen) atoms. The van der Waals surface area contributed by atoms with Gasteiger partial charge in [-0.25, -0.2) is 0 Å². The number of hydrogen-bond donors (Lipinski definition) is 1. The molecule has 0 aromatic heterocycles. The topological polar surface area (TPSA) is 46.3 Å². The van der Waals surface area contributed by atoms with Crippen molar-refractivity contribution in [1.82, 2.24) is 4.90 Å². The first-order chi connectivity index (χ1) is 7.58. The van der Waals surface area contributed by atoms with Gasteiger partial charge in [0.15, 0.2) is 0 Å². The van der Waals surface area contributed by atoms with E-state index in [1.165, 1.54) is 19.3 Å². The van der Waals surface area contributed by atoms with Gasteiger partial charge in [0, 0.05) is 47.0 Å². The first-order valence-corrected chi connectivity index (χ1v) is 8.03. The molecule has 0 spiro atoms. The van der Waals surface area contributed by atoms with Crippen molar-refractivity contribution in [1.29, 1.82) is 0 Å². The van der Waals surface area contributed by atoms with Gasteiger partial charge in [0.25, 0.3) is 0 Å². The molecule has 2 aliphatic heterocycles. The highest BCUT2D eigenvalue weighted by atomic mass is 32.2. The summed E-state index contributed by atoms with van der Waals surface area (Å²) in [6.45, 7) is 3.09. The Labute approximate surface area is 101 Å². The number of fused-ring (bicyclic) bond motifs is 2. The van der Waals surface area contributed by atoms with Gasteiger partial charge < -0.3 is 5.73 Å². The van der Waals surface area contributed by atoms with Crippen LogP contribution in [-0.4, -0.2) is 45.3 Å². The van der Waals surface area contributed by atoms with Crippen molar-refractivity contribution >= 4 is 10.8 Å². The Morgan fingerprint density at radius 2 is 1.94 bits per heavy atom. The zero-order valence-electron chi connectivity index (χ0n) is 10.4. The van der Waals surface area contributed by atoms with Crippen molar-refractivity contribution in [2.45, 2.75) is 62.4 Å². The van der Waals surface area contributed by atoms with E-state index in [0.29, 0.717) is 18.1 Å². The van der Waals surface area contributed by atoms with E-state index in [4.69, 9.17) is 5.73 Å². The lowest BCUT2D eigenvalue weighted by atomic mass is 9.82. The van der Waals surface area contributed by atoms with Crippen LogP contribution in [-0.2, 0) is 10.8 Å². The normalized spacial score (nSPS) is 39.3. The third kappa shape index (κ3) is 2.66. The number of piperidine rings is 2. The second kappa shape index (κ2) is 5.15. The maximum Gasteiger partial charge on any atom is 0.0444 e. The molecule has 3 nitrogen and oxygen atoms in total. The molecular weight excluding hydrogens is 220 g/mol. The highest BCUT2D eigenvalue weighted by Crippen LogP contribution is 2.33. The maximum atomic E-state index is 11.5. The van der Waals surface area contributed by atoms with Crippen LogP contribution in [0.4, 0.5) is 0 Å². The molecule has 2 N–H and O–H groups in total. The zero-order valence-corrected chi connectivity index (χ0v) is 11.2. The fourth-order valence-corrected chi connectivity index (χ4v) is 3.60. The van der Waals surface area contributed by atoms with Gasteiger partial charge in [-0.3, -0.25) is 9.11 Å². The standard InChI is InChI=1S/C12H24N2OS/c1-9(16(2)15)8-14-11-4-3-5-12(14)7-10(13)6-11/h9-12H,3-8,13H2,1-2H3. The molecule has 2 rings (SSSR count). The molecule has 0 aliphatic carbocycles. The summed E-state index contributed by atoms with van der Waals surface area (Å²) in [4.78, 5) is 2.60. The molecule has 0 aromatic carbocycles. The van der Waals surface area contributed by atoms with Crippen molar-refractivity contribution < 1.29 is 4.21 Å². The quantitative estimate of drug-likeness (QED) is 0.808. The van der Waals surface area contributed by atoms with Gasteiger partial charge in [-0.1, -0.05) is 6.42 Å². The van der Waals surface area contributed by atoms with E-state index in [1.807, 2.05) is 6.26 Å². The summed E-state index contributed by atoms with van der Waals surface area (Å²) in [6, 6.07) is 1.72. The predicted molar refractivity (Wildman–Crippen MR) is 68.9 cm³/mol. The summed E-state index contributed by atoms with van der Waals surface area (Å²) in [5, 5.41) is 0.289. The molecule has 4 heteroatoms. The van der Waals surface area contributed by atoms with Gasteiger partial charge in [-0.15, -0.1) is 0 Å². The molecule has 2 bridgehead atoms. The third-order valence-electron chi connectivity index (χ3n) is 4.20. The molecule has 2 saturated heterocycles. The minimum Gasteiger partial charge on any atom is -0.328 e. The molecule has 4 atom stereocenters. The summed E-state index contributed by atoms with van der Waals surface area (Å²) in [5.74, 6) is 0. The van der Waals surface area contributed by atoms with Gasteiger partial charge in [-0.2, -0.15) is 0 Å². The van der Waals surface area contributed by atoms with Crippen LogP contribution >= 0.6 is 0 Å². The molecule has 0 aromatic rings. The van der Waals surface area contributed by atoms with Crippen LogP contribution in [0.1, 0.15) is 39.0 Å². The minimum absolute atomic E-state index is 0.289. The van der Waals surface area contributed by atoms with E-state index >= 15 is 0 Å². The Kier molecular flexibility index (Phi) is 4.03. The Balaban J connectivity index is 2.00. The second-order valence-corrected chi connectivity index (χ2v) is 7.28. The fourth-order valence-electron chi connectivity index (χ4n) is 3.22. The molecule has 0 radical (unpaired) electrons. The van der Waals surface area contributed by atoms with E-state index < -0.39 is 10.8 Å². The molecular formula is C12H24N2OS. The van der Waals surface area contributed by atoms with E-state index in [0.717, 1.165) is 19.4 Å². The van der Waals surface area contributed by atoms with Crippen LogP contribution in [0.3, 0.4) is 0 Å². The third-order valence-corrected chi connectivity index (χ3v) is 5.48. The lowest BCUT2D eigenvalue weighted by Gasteiger charge is -2.49. The van der Waals surface area contributed by atoms with E-state index in [1.54, 1.807) is 0 Å². The highest BCUT2D eigenvalue weighted by molar-refractivity contribution is 7.84. The van der Waals surface area contributed by atoms with Gasteiger partial charge in [0.1, 0.15) is 0 Å². The lowest BCUT2D eigenvalue weighted by Crippen LogP contribution is -2.57. The minimum atomic E-state index is -0.701. The van der Waals surface area contributed by atoms with Crippen molar-refractivity contribution in [3.05, 3.63) is 0 Å². The Bertz CT molecular complexity index is 258. The monoisotopic (exact) mass is 244 g/mol. The van der Waals surface area contributed by atoms with E-state index in [-0.39, 0.29) is 5.25 Å². The molecule has 4 unspecified atom stereocenters. The number of rotatable bonds is 3. The van der Waals surface area contributed by atoms with Crippen LogP contribution in [0.15, 0.2) is 0 Å². The lowest BCUT2D eigenvalue weighted by molar-refractivity contribution is 0.0328. The average Bonchev–Trinajstić information content (AvgIpc) is 2.19. The van der Waals surface area contributed by atoms with E-state index in [9.17, 15) is 4.21 Å². The van der Waals surface area contributed by atoms with Crippen LogP contribution < -0.4 is 5.73 Å². The first kappa shape index (κ1) is 12.5. The number of nitrogens with zero attached hydrogens (tertiary/aromatic N) is 1. The van der Waals surface area contributed by atoms with Crippen molar-refractivity contribution in [2.24, 2.45) is 5.73 Å². The molecule has 2 aliphatic rings. The average molecular weight is 244 g/mol. The summed E-state index contributed by atoms with van der Waals surface area (Å²) >= 11 is 0. The van der Waals surface area contributed by atoms with E-state index in [2.05, 4.69) is 11.8 Å². The smallest absolute Gasteiger partial charge is 0.0444 e. The van der Waals surface area contributed by atoms with Gasteiger partial charge in [0.2, 0.25) is 0 Å². The second-order valence-electron chi connectivity index (χ2n) is 5.48. The highest BCUT2D eigenvalue weighted by Gasteiger charge is 2.37. The number of hydrogen-bond acceptors (Lipinski definition) is 3. The summed E-state index contributed by atoms with van der Waals surface area (Å²) in [7, 11) is -0.701. The van der Waals surface area contributed by atoms with Crippen LogP contribution in [0.25, 0.3) is 0 Å². The van der Waals surface area contributed by atoms with Gasteiger partial charge in [0.05, 0.1) is 0 Å². The van der Waals surface area contributed by atoms with Crippen molar-refractivity contribution in [3.8, 4) is 0 Å². The summed E-state index contributed by atoms with van der Waals surface area (Å²) in [6.07, 6.45) is 8.01. The summed E-state index contributed by atoms with van der Waals surface area (Å²) in [5.41, 5.74) is 6.09. The summed E-state index contributed by atoms with van der Waals surface area (Å²) < 4.78 is 11.5. The Morgan fingerprint density at radius 1 is 1.38 bits per heavy atom. The Morgan fingerprint density at radius 3 is 2.44 bits per heavy atom. The predicted octanol–water partition coefficient (Wildman–Crippen LogP) is 1.10. The fraction of sp³-hybridized carbons (Fsp3) is 1.00. The Hall–Kier alpha value is 0.0700. The van der Waals surface area contributed by atoms with Crippen molar-refractivity contribution in [3.63, 3.8) is 0 Å². The molecule has 94 valence electrons. The van der Waals surface area contributed by atoms with Crippen LogP contribution in [0.2, 0.25) is 0 Å². The molecule has 0 saturated carbocycles. The van der Waals surface area contributed by atoms with Crippen LogP contribution in [0.5, 0.6) is 0 Å². The van der Waals surface area contributed by atoms with Crippen LogP contribution in [0, 0.1) is 0 Å². The van der Waals surface area contributed by atoms with Gasteiger partial charge in [-0.05, 0) is 32.6 Å². The molecule has 0 amide bonds. The molecule has 2 heterocycles. The molecule has 2 fully saturated rings. The van der Waals surface area contributed by atoms with Gasteiger partial charge >= 0.3 is 0 Å². The largest absolute Gasteiger partial charge is 0.328 e. The number of nitrogens with two attached hydrogens (primary N) is 1. The SMILES string of the molecule is CC(CN1C2CCCC1CC(N)C2)S(C)=O. The first-order valence-electron chi connectivity index (χ1n) is 6.41. The zero-order chi connectivity index (χ0) is 11.7. The maximum absolute atomic E-state index is 11.5.